The minimum atomic E-state index is -5.03. The van der Waals surface area contributed by atoms with Crippen molar-refractivity contribution in [1.29, 1.82) is 0 Å². The number of benzene rings is 3. The molecule has 0 spiro atoms. The SMILES string of the molecule is CN(O)C(c1ccccc1Cl)c1c(CCO)noc1-c1nnn(Cc2cc(C(F)(F)F)cc(C(F)(F)F)c2)c1-c1ccccc1. The fourth-order valence-electron chi connectivity index (χ4n) is 5.05. The highest BCUT2D eigenvalue weighted by molar-refractivity contribution is 6.31. The number of aliphatic hydroxyl groups is 1. The average Bonchev–Trinajstić information content (AvgIpc) is 3.57. The summed E-state index contributed by atoms with van der Waals surface area (Å²) in [5, 5.41) is 34.2. The van der Waals surface area contributed by atoms with Crippen molar-refractivity contribution in [2.75, 3.05) is 13.7 Å². The van der Waals surface area contributed by atoms with Gasteiger partial charge in [-0.2, -0.15) is 31.4 Å². The molecule has 2 aromatic heterocycles. The van der Waals surface area contributed by atoms with Crippen LogP contribution in [0.25, 0.3) is 22.7 Å². The lowest BCUT2D eigenvalue weighted by Crippen LogP contribution is -2.23. The lowest BCUT2D eigenvalue weighted by molar-refractivity contribution is -0.143. The largest absolute Gasteiger partial charge is 0.416 e. The highest BCUT2D eigenvalue weighted by Crippen LogP contribution is 2.42. The summed E-state index contributed by atoms with van der Waals surface area (Å²) in [6.45, 7) is -0.857. The van der Waals surface area contributed by atoms with Gasteiger partial charge in [0.1, 0.15) is 5.69 Å². The van der Waals surface area contributed by atoms with E-state index < -0.39 is 36.1 Å². The van der Waals surface area contributed by atoms with E-state index in [1.807, 2.05) is 0 Å². The molecule has 0 bridgehead atoms. The van der Waals surface area contributed by atoms with E-state index in [0.717, 1.165) is 9.75 Å². The van der Waals surface area contributed by atoms with E-state index in [4.69, 9.17) is 16.1 Å². The van der Waals surface area contributed by atoms with Crippen molar-refractivity contribution in [3.63, 3.8) is 0 Å². The van der Waals surface area contributed by atoms with Gasteiger partial charge in [0.2, 0.25) is 0 Å². The Hall–Kier alpha value is -4.24. The van der Waals surface area contributed by atoms with E-state index in [-0.39, 0.29) is 53.1 Å². The third-order valence-electron chi connectivity index (χ3n) is 6.98. The monoisotopic (exact) mass is 651 g/mol. The van der Waals surface area contributed by atoms with Gasteiger partial charge >= 0.3 is 12.4 Å². The molecule has 0 saturated carbocycles. The lowest BCUT2D eigenvalue weighted by atomic mass is 9.93. The van der Waals surface area contributed by atoms with Crippen molar-refractivity contribution in [1.82, 2.24) is 25.2 Å². The number of aromatic nitrogens is 4. The van der Waals surface area contributed by atoms with Crippen molar-refractivity contribution >= 4 is 11.6 Å². The third-order valence-corrected chi connectivity index (χ3v) is 7.32. The summed E-state index contributed by atoms with van der Waals surface area (Å²) in [7, 11) is 1.37. The van der Waals surface area contributed by atoms with E-state index in [9.17, 15) is 36.7 Å². The van der Waals surface area contributed by atoms with E-state index in [1.165, 1.54) is 7.05 Å². The van der Waals surface area contributed by atoms with E-state index in [1.54, 1.807) is 54.6 Å². The third kappa shape index (κ3) is 6.73. The van der Waals surface area contributed by atoms with Crippen molar-refractivity contribution < 1.29 is 41.2 Å². The highest BCUT2D eigenvalue weighted by atomic mass is 35.5. The van der Waals surface area contributed by atoms with Gasteiger partial charge in [-0.25, -0.2) is 4.68 Å². The zero-order chi connectivity index (χ0) is 32.5. The van der Waals surface area contributed by atoms with Crippen molar-refractivity contribution in [2.45, 2.75) is 31.4 Å². The van der Waals surface area contributed by atoms with Gasteiger partial charge in [-0.05, 0) is 35.4 Å². The summed E-state index contributed by atoms with van der Waals surface area (Å²) >= 11 is 6.49. The number of hydrogen-bond donors (Lipinski definition) is 2. The summed E-state index contributed by atoms with van der Waals surface area (Å²) in [5.74, 6) is -0.00519. The second kappa shape index (κ2) is 12.6. The molecule has 5 rings (SSSR count). The zero-order valence-electron chi connectivity index (χ0n) is 23.3. The molecule has 8 nitrogen and oxygen atoms in total. The number of nitrogens with zero attached hydrogens (tertiary/aromatic N) is 5. The minimum absolute atomic E-state index is 0.00519. The summed E-state index contributed by atoms with van der Waals surface area (Å²) in [6, 6.07) is 15.4. The van der Waals surface area contributed by atoms with Crippen molar-refractivity contribution in [3.05, 3.63) is 111 Å². The van der Waals surface area contributed by atoms with Crippen LogP contribution in [0.5, 0.6) is 0 Å². The molecule has 2 heterocycles. The molecule has 1 atom stereocenters. The molecule has 2 N–H and O–H groups in total. The molecule has 15 heteroatoms. The molecule has 5 aromatic rings. The molecule has 0 saturated heterocycles. The number of rotatable bonds is 9. The van der Waals surface area contributed by atoms with Gasteiger partial charge in [0.05, 0.1) is 29.4 Å². The lowest BCUT2D eigenvalue weighted by Gasteiger charge is -2.24. The maximum atomic E-state index is 13.6. The van der Waals surface area contributed by atoms with E-state index in [0.29, 0.717) is 28.3 Å². The van der Waals surface area contributed by atoms with Gasteiger partial charge in [-0.1, -0.05) is 70.5 Å². The molecule has 0 fully saturated rings. The first kappa shape index (κ1) is 32.2. The molecule has 0 aliphatic rings. The van der Waals surface area contributed by atoms with Gasteiger partial charge in [-0.3, -0.25) is 0 Å². The number of hydrogen-bond acceptors (Lipinski definition) is 7. The van der Waals surface area contributed by atoms with Crippen LogP contribution in [0.2, 0.25) is 5.02 Å². The van der Waals surface area contributed by atoms with Crippen LogP contribution in [-0.4, -0.2) is 49.2 Å². The molecule has 0 aliphatic heterocycles. The van der Waals surface area contributed by atoms with Crippen LogP contribution in [0.15, 0.2) is 77.3 Å². The molecular formula is C30H24ClF6N5O3. The Kier molecular flexibility index (Phi) is 9.03. The van der Waals surface area contributed by atoms with Crippen LogP contribution in [0, 0.1) is 0 Å². The molecule has 0 radical (unpaired) electrons. The number of alkyl halides is 6. The van der Waals surface area contributed by atoms with Gasteiger partial charge in [-0.15, -0.1) is 5.10 Å². The van der Waals surface area contributed by atoms with E-state index >= 15 is 0 Å². The molecule has 3 aromatic carbocycles. The van der Waals surface area contributed by atoms with Crippen LogP contribution >= 0.6 is 11.6 Å². The fourth-order valence-corrected chi connectivity index (χ4v) is 5.29. The fraction of sp³-hybridized carbons (Fsp3) is 0.233. The first-order valence-corrected chi connectivity index (χ1v) is 13.7. The Morgan fingerprint density at radius 1 is 0.933 bits per heavy atom. The van der Waals surface area contributed by atoms with Gasteiger partial charge in [0.15, 0.2) is 11.5 Å². The summed E-state index contributed by atoms with van der Waals surface area (Å²) in [6.07, 6.45) is -10.1. The normalized spacial score (nSPS) is 13.0. The predicted octanol–water partition coefficient (Wildman–Crippen LogP) is 7.28. The molecule has 45 heavy (non-hydrogen) atoms. The Morgan fingerprint density at radius 2 is 1.56 bits per heavy atom. The summed E-state index contributed by atoms with van der Waals surface area (Å²) < 4.78 is 88.4. The van der Waals surface area contributed by atoms with Crippen LogP contribution in [-0.2, 0) is 25.3 Å². The smallest absolute Gasteiger partial charge is 0.396 e. The molecule has 0 amide bonds. The highest BCUT2D eigenvalue weighted by Gasteiger charge is 2.38. The topological polar surface area (TPSA) is 100 Å². The number of hydroxylamine groups is 2. The average molecular weight is 652 g/mol. The molecule has 236 valence electrons. The maximum absolute atomic E-state index is 13.6. The standard InChI is InChI=1S/C30H24ClF6N5O3/c1-41(44)27(21-9-5-6-10-22(21)31)24-23(11-12-43)39-45-28(24)25-26(18-7-3-2-4-8-18)42(40-38-25)16-17-13-19(29(32,33)34)15-20(14-17)30(35,36)37/h2-10,13-15,27,43-44H,11-12,16H2,1H3. The first-order chi connectivity index (χ1) is 21.3. The van der Waals surface area contributed by atoms with Gasteiger partial charge in [0, 0.05) is 36.2 Å². The Balaban J connectivity index is 1.72. The molecule has 0 aliphatic carbocycles. The van der Waals surface area contributed by atoms with Crippen LogP contribution in [0.1, 0.15) is 39.6 Å². The second-order valence-electron chi connectivity index (χ2n) is 10.1. The minimum Gasteiger partial charge on any atom is -0.396 e. The Morgan fingerprint density at radius 3 is 2.13 bits per heavy atom. The van der Waals surface area contributed by atoms with Crippen molar-refractivity contribution in [2.24, 2.45) is 0 Å². The van der Waals surface area contributed by atoms with Crippen molar-refractivity contribution in [3.8, 4) is 22.7 Å². The maximum Gasteiger partial charge on any atom is 0.416 e. The first-order valence-electron chi connectivity index (χ1n) is 13.3. The van der Waals surface area contributed by atoms with Crippen LogP contribution < -0.4 is 0 Å². The summed E-state index contributed by atoms with van der Waals surface area (Å²) in [4.78, 5) is 0. The zero-order valence-corrected chi connectivity index (χ0v) is 24.1. The molecular weight excluding hydrogens is 628 g/mol. The quantitative estimate of drug-likeness (QED) is 0.128. The van der Waals surface area contributed by atoms with Crippen LogP contribution in [0.3, 0.4) is 0 Å². The predicted molar refractivity (Wildman–Crippen MR) is 150 cm³/mol. The van der Waals surface area contributed by atoms with Gasteiger partial charge < -0.3 is 14.8 Å². The van der Waals surface area contributed by atoms with Gasteiger partial charge in [0.25, 0.3) is 0 Å². The summed E-state index contributed by atoms with van der Waals surface area (Å²) in [5.41, 5.74) is -1.61. The number of halogens is 7. The van der Waals surface area contributed by atoms with Crippen LogP contribution in [0.4, 0.5) is 26.3 Å². The number of aliphatic hydroxyl groups excluding tert-OH is 1. The molecule has 1 unspecified atom stereocenters. The Bertz CT molecular complexity index is 1750. The second-order valence-corrected chi connectivity index (χ2v) is 10.5. The Labute approximate surface area is 257 Å². The van der Waals surface area contributed by atoms with E-state index in [2.05, 4.69) is 15.5 Å².